The number of aromatic hydroxyl groups is 2. The predicted molar refractivity (Wildman–Crippen MR) is 75.2 cm³/mol. The van der Waals surface area contributed by atoms with Crippen LogP contribution in [0.4, 0.5) is 11.4 Å². The Morgan fingerprint density at radius 3 is 2.33 bits per heavy atom. The first-order valence-corrected chi connectivity index (χ1v) is 7.30. The molecule has 0 saturated carbocycles. The van der Waals surface area contributed by atoms with E-state index >= 15 is 0 Å². The van der Waals surface area contributed by atoms with Crippen LogP contribution in [0.15, 0.2) is 51.5 Å². The van der Waals surface area contributed by atoms with E-state index in [2.05, 4.69) is 10.2 Å². The number of rotatable bonds is 3. The van der Waals surface area contributed by atoms with Crippen LogP contribution < -0.4 is 0 Å². The van der Waals surface area contributed by atoms with Gasteiger partial charge in [-0.2, -0.15) is 13.5 Å². The highest BCUT2D eigenvalue weighted by Crippen LogP contribution is 2.36. The lowest BCUT2D eigenvalue weighted by Gasteiger charge is -2.01. The smallest absolute Gasteiger partial charge is 0.294 e. The molecule has 21 heavy (non-hydrogen) atoms. The molecule has 0 heterocycles. The maximum atomic E-state index is 11.0. The van der Waals surface area contributed by atoms with E-state index in [9.17, 15) is 18.6 Å². The van der Waals surface area contributed by atoms with E-state index in [0.717, 1.165) is 18.2 Å². The number of benzene rings is 2. The summed E-state index contributed by atoms with van der Waals surface area (Å²) in [7, 11) is -4.33. The topological polar surface area (TPSA) is 120 Å². The van der Waals surface area contributed by atoms with Gasteiger partial charge in [0.1, 0.15) is 5.69 Å². The molecule has 2 aromatic rings. The SMILES string of the molecule is O=S(=O)(O)c1cccc(N=Nc2cc(O)c(O)cc2Cl)c1. The zero-order valence-corrected chi connectivity index (χ0v) is 11.9. The fraction of sp³-hybridized carbons (Fsp3) is 0. The summed E-state index contributed by atoms with van der Waals surface area (Å²) in [6, 6.07) is 7.37. The monoisotopic (exact) mass is 328 g/mol. The van der Waals surface area contributed by atoms with E-state index in [1.165, 1.54) is 18.2 Å². The first-order valence-electron chi connectivity index (χ1n) is 5.48. The first kappa shape index (κ1) is 15.2. The third-order valence-electron chi connectivity index (χ3n) is 2.43. The first-order chi connectivity index (χ1) is 9.77. The van der Waals surface area contributed by atoms with Gasteiger partial charge in [0.15, 0.2) is 11.5 Å². The summed E-state index contributed by atoms with van der Waals surface area (Å²) < 4.78 is 30.9. The van der Waals surface area contributed by atoms with Crippen molar-refractivity contribution in [2.24, 2.45) is 10.2 Å². The molecule has 0 fully saturated rings. The molecule has 3 N–H and O–H groups in total. The molecule has 0 aliphatic carbocycles. The van der Waals surface area contributed by atoms with Crippen molar-refractivity contribution < 1.29 is 23.2 Å². The van der Waals surface area contributed by atoms with Crippen molar-refractivity contribution >= 4 is 33.1 Å². The van der Waals surface area contributed by atoms with Gasteiger partial charge in [-0.05, 0) is 18.2 Å². The number of nitrogens with zero attached hydrogens (tertiary/aromatic N) is 2. The Morgan fingerprint density at radius 2 is 1.67 bits per heavy atom. The molecule has 0 amide bonds. The van der Waals surface area contributed by atoms with Crippen molar-refractivity contribution in [1.29, 1.82) is 0 Å². The maximum absolute atomic E-state index is 11.0. The minimum absolute atomic E-state index is 0.0555. The highest BCUT2D eigenvalue weighted by molar-refractivity contribution is 7.85. The molecule has 9 heteroatoms. The lowest BCUT2D eigenvalue weighted by atomic mass is 10.3. The van der Waals surface area contributed by atoms with Crippen molar-refractivity contribution in [3.05, 3.63) is 41.4 Å². The average Bonchev–Trinajstić information content (AvgIpc) is 2.41. The summed E-state index contributed by atoms with van der Waals surface area (Å²) in [4.78, 5) is -0.321. The predicted octanol–water partition coefficient (Wildman–Crippen LogP) is 3.41. The fourth-order valence-electron chi connectivity index (χ4n) is 1.43. The summed E-state index contributed by atoms with van der Waals surface area (Å²) in [5, 5.41) is 26.1. The standard InChI is InChI=1S/C12H9ClN2O5S/c13-9-5-11(16)12(17)6-10(9)15-14-7-2-1-3-8(4-7)21(18,19)20/h1-6,16-17H,(H,18,19,20). The fourth-order valence-corrected chi connectivity index (χ4v) is 2.15. The average molecular weight is 329 g/mol. The molecule has 0 unspecified atom stereocenters. The van der Waals surface area contributed by atoms with E-state index < -0.39 is 21.6 Å². The molecule has 0 bridgehead atoms. The Kier molecular flexibility index (Phi) is 4.12. The Hall–Kier alpha value is -2.16. The number of halogens is 1. The molecule has 2 aromatic carbocycles. The molecule has 0 atom stereocenters. The van der Waals surface area contributed by atoms with Gasteiger partial charge in [-0.15, -0.1) is 5.11 Å². The van der Waals surface area contributed by atoms with E-state index in [0.29, 0.717) is 0 Å². The molecule has 2 rings (SSSR count). The highest BCUT2D eigenvalue weighted by Gasteiger charge is 2.10. The third kappa shape index (κ3) is 3.69. The lowest BCUT2D eigenvalue weighted by molar-refractivity contribution is 0.404. The van der Waals surface area contributed by atoms with Gasteiger partial charge in [0, 0.05) is 12.1 Å². The van der Waals surface area contributed by atoms with Crippen molar-refractivity contribution in [2.45, 2.75) is 4.90 Å². The number of phenolic OH excluding ortho intramolecular Hbond substituents is 2. The van der Waals surface area contributed by atoms with Crippen LogP contribution in [0.25, 0.3) is 0 Å². The Balaban J connectivity index is 2.36. The van der Waals surface area contributed by atoms with Crippen molar-refractivity contribution in [3.63, 3.8) is 0 Å². The van der Waals surface area contributed by atoms with E-state index in [4.69, 9.17) is 16.2 Å². The largest absolute Gasteiger partial charge is 0.504 e. The van der Waals surface area contributed by atoms with E-state index in [1.54, 1.807) is 0 Å². The van der Waals surface area contributed by atoms with Gasteiger partial charge in [-0.1, -0.05) is 17.7 Å². The van der Waals surface area contributed by atoms with Gasteiger partial charge in [-0.25, -0.2) is 0 Å². The molecule has 0 aliphatic rings. The molecule has 0 radical (unpaired) electrons. The van der Waals surface area contributed by atoms with E-state index in [1.807, 2.05) is 0 Å². The van der Waals surface area contributed by atoms with Crippen LogP contribution in [-0.4, -0.2) is 23.2 Å². The van der Waals surface area contributed by atoms with Crippen LogP contribution in [0.1, 0.15) is 0 Å². The van der Waals surface area contributed by atoms with E-state index in [-0.39, 0.29) is 21.3 Å². The normalized spacial score (nSPS) is 11.9. The number of hydrogen-bond donors (Lipinski definition) is 3. The van der Waals surface area contributed by atoms with Crippen LogP contribution in [-0.2, 0) is 10.1 Å². The second-order valence-electron chi connectivity index (χ2n) is 3.96. The second kappa shape index (κ2) is 5.68. The zero-order chi connectivity index (χ0) is 15.6. The van der Waals surface area contributed by atoms with Crippen molar-refractivity contribution in [2.75, 3.05) is 0 Å². The third-order valence-corrected chi connectivity index (χ3v) is 3.59. The van der Waals surface area contributed by atoms with Gasteiger partial charge in [-0.3, -0.25) is 4.55 Å². The molecular formula is C12H9ClN2O5S. The van der Waals surface area contributed by atoms with Gasteiger partial charge in [0.05, 0.1) is 15.6 Å². The van der Waals surface area contributed by atoms with Gasteiger partial charge < -0.3 is 10.2 Å². The van der Waals surface area contributed by atoms with Gasteiger partial charge in [0.25, 0.3) is 10.1 Å². The second-order valence-corrected chi connectivity index (χ2v) is 5.79. The molecule has 0 aromatic heterocycles. The molecule has 7 nitrogen and oxygen atoms in total. The highest BCUT2D eigenvalue weighted by atomic mass is 35.5. The van der Waals surface area contributed by atoms with Gasteiger partial charge >= 0.3 is 0 Å². The maximum Gasteiger partial charge on any atom is 0.294 e. The molecule has 110 valence electrons. The minimum atomic E-state index is -4.33. The minimum Gasteiger partial charge on any atom is -0.504 e. The Bertz CT molecular complexity index is 820. The number of hydrogen-bond acceptors (Lipinski definition) is 6. The molecule has 0 spiro atoms. The summed E-state index contributed by atoms with van der Waals surface area (Å²) in [5.74, 6) is -0.813. The molecular weight excluding hydrogens is 320 g/mol. The quantitative estimate of drug-likeness (QED) is 0.453. The van der Waals surface area contributed by atoms with Crippen molar-refractivity contribution in [3.8, 4) is 11.5 Å². The van der Waals surface area contributed by atoms with Crippen LogP contribution in [0.2, 0.25) is 5.02 Å². The van der Waals surface area contributed by atoms with Gasteiger partial charge in [0.2, 0.25) is 0 Å². The van der Waals surface area contributed by atoms with Crippen LogP contribution in [0, 0.1) is 0 Å². The Morgan fingerprint density at radius 1 is 1.00 bits per heavy atom. The summed E-state index contributed by atoms with van der Waals surface area (Å²) >= 11 is 5.81. The van der Waals surface area contributed by atoms with Crippen LogP contribution >= 0.6 is 11.6 Å². The molecule has 0 saturated heterocycles. The van der Waals surface area contributed by atoms with Crippen LogP contribution in [0.3, 0.4) is 0 Å². The number of azo groups is 1. The molecule has 0 aliphatic heterocycles. The summed E-state index contributed by atoms with van der Waals surface area (Å²) in [5.41, 5.74) is 0.248. The summed E-state index contributed by atoms with van der Waals surface area (Å²) in [6.07, 6.45) is 0. The summed E-state index contributed by atoms with van der Waals surface area (Å²) in [6.45, 7) is 0. The van der Waals surface area contributed by atoms with Crippen molar-refractivity contribution in [1.82, 2.24) is 0 Å². The van der Waals surface area contributed by atoms with Crippen LogP contribution in [0.5, 0.6) is 11.5 Å². The number of phenols is 2. The Labute approximate surface area is 124 Å². The lowest BCUT2D eigenvalue weighted by Crippen LogP contribution is -1.96. The zero-order valence-electron chi connectivity index (χ0n) is 10.3.